The predicted octanol–water partition coefficient (Wildman–Crippen LogP) is 2.66. The van der Waals surface area contributed by atoms with Crippen molar-refractivity contribution in [1.29, 1.82) is 0 Å². The van der Waals surface area contributed by atoms with Crippen LogP contribution < -0.4 is 11.1 Å². The third-order valence-corrected chi connectivity index (χ3v) is 5.54. The molecule has 2 aliphatic heterocycles. The smallest absolute Gasteiger partial charge is 0.128 e. The summed E-state index contributed by atoms with van der Waals surface area (Å²) in [6.45, 7) is 5.37. The number of piperidine rings is 1. The van der Waals surface area contributed by atoms with Gasteiger partial charge in [-0.1, -0.05) is 0 Å². The van der Waals surface area contributed by atoms with Crippen molar-refractivity contribution in [3.05, 3.63) is 52.9 Å². The molecule has 0 saturated carbocycles. The first-order chi connectivity index (χ1) is 13.2. The van der Waals surface area contributed by atoms with Crippen molar-refractivity contribution < 1.29 is 13.2 Å². The van der Waals surface area contributed by atoms with Crippen LogP contribution in [-0.4, -0.2) is 39.0 Å². The van der Waals surface area contributed by atoms with E-state index in [1.165, 1.54) is 6.07 Å². The Balaban J connectivity index is 1.40. The van der Waals surface area contributed by atoms with Gasteiger partial charge in [-0.2, -0.15) is 5.10 Å². The first kappa shape index (κ1) is 19.4. The minimum atomic E-state index is -1.30. The van der Waals surface area contributed by atoms with Crippen LogP contribution in [0.3, 0.4) is 0 Å². The predicted molar refractivity (Wildman–Crippen MR) is 100 cm³/mol. The largest absolute Gasteiger partial charge is 0.326 e. The molecule has 0 amide bonds. The highest BCUT2D eigenvalue weighted by molar-refractivity contribution is 5.26. The maximum Gasteiger partial charge on any atom is 0.128 e. The second kappa shape index (κ2) is 7.17. The number of fused-ring (bicyclic) bond motifs is 1. The average Bonchev–Trinajstić information content (AvgIpc) is 3.14. The summed E-state index contributed by atoms with van der Waals surface area (Å²) in [7, 11) is 0. The van der Waals surface area contributed by atoms with E-state index in [1.807, 2.05) is 6.20 Å². The summed E-state index contributed by atoms with van der Waals surface area (Å²) in [5.74, 6) is -0.912. The zero-order valence-electron chi connectivity index (χ0n) is 16.1. The quantitative estimate of drug-likeness (QED) is 0.839. The molecule has 0 spiro atoms. The molecular formula is C20H26F3N5. The molecule has 1 unspecified atom stereocenters. The van der Waals surface area contributed by atoms with E-state index in [0.717, 1.165) is 29.9 Å². The van der Waals surface area contributed by atoms with Gasteiger partial charge in [-0.15, -0.1) is 0 Å². The molecule has 2 aliphatic rings. The third kappa shape index (κ3) is 3.94. The lowest BCUT2D eigenvalue weighted by molar-refractivity contribution is 0.135. The summed E-state index contributed by atoms with van der Waals surface area (Å²) >= 11 is 0. The van der Waals surface area contributed by atoms with Gasteiger partial charge >= 0.3 is 0 Å². The van der Waals surface area contributed by atoms with Gasteiger partial charge in [0.05, 0.1) is 18.3 Å². The number of hydrogen-bond acceptors (Lipinski definition) is 4. The molecule has 1 fully saturated rings. The maximum atomic E-state index is 14.1. The summed E-state index contributed by atoms with van der Waals surface area (Å²) in [6.07, 6.45) is 2.59. The Morgan fingerprint density at radius 3 is 2.75 bits per heavy atom. The number of benzene rings is 1. The van der Waals surface area contributed by atoms with Gasteiger partial charge in [-0.25, -0.2) is 13.2 Å². The lowest BCUT2D eigenvalue weighted by Gasteiger charge is -2.39. The molecule has 0 aliphatic carbocycles. The Hall–Kier alpha value is -1.90. The molecule has 3 atom stereocenters. The van der Waals surface area contributed by atoms with Gasteiger partial charge in [-0.05, 0) is 38.5 Å². The first-order valence-electron chi connectivity index (χ1n) is 9.62. The Morgan fingerprint density at radius 2 is 2.07 bits per heavy atom. The zero-order chi connectivity index (χ0) is 20.1. The minimum absolute atomic E-state index is 0.183. The molecule has 0 bridgehead atoms. The number of nitrogens with zero attached hydrogens (tertiary/aromatic N) is 3. The van der Waals surface area contributed by atoms with E-state index < -0.39 is 23.3 Å². The van der Waals surface area contributed by atoms with Crippen molar-refractivity contribution in [1.82, 2.24) is 20.0 Å². The maximum absolute atomic E-state index is 14.1. The highest BCUT2D eigenvalue weighted by atomic mass is 19.1. The Bertz CT molecular complexity index is 837. The molecule has 3 heterocycles. The summed E-state index contributed by atoms with van der Waals surface area (Å²) in [5.41, 5.74) is 7.37. The van der Waals surface area contributed by atoms with Crippen LogP contribution in [0.5, 0.6) is 0 Å². The molecule has 2 aromatic rings. The zero-order valence-corrected chi connectivity index (χ0v) is 16.1. The van der Waals surface area contributed by atoms with Crippen LogP contribution in [0.4, 0.5) is 13.2 Å². The number of hydrogen-bond donors (Lipinski definition) is 2. The second-order valence-electron chi connectivity index (χ2n) is 8.53. The molecule has 1 aromatic carbocycles. The Labute approximate surface area is 162 Å². The van der Waals surface area contributed by atoms with Gasteiger partial charge in [0.25, 0.3) is 0 Å². The summed E-state index contributed by atoms with van der Waals surface area (Å²) in [6, 6.07) is 2.92. The fourth-order valence-electron chi connectivity index (χ4n) is 4.28. The first-order valence-corrected chi connectivity index (χ1v) is 9.62. The van der Waals surface area contributed by atoms with Crippen molar-refractivity contribution in [2.45, 2.75) is 63.7 Å². The van der Waals surface area contributed by atoms with Crippen molar-refractivity contribution in [3.63, 3.8) is 0 Å². The number of nitrogens with two attached hydrogens (primary N) is 1. The lowest BCUT2D eigenvalue weighted by atomic mass is 9.89. The molecule has 28 heavy (non-hydrogen) atoms. The van der Waals surface area contributed by atoms with Gasteiger partial charge in [-0.3, -0.25) is 9.58 Å². The van der Waals surface area contributed by atoms with E-state index >= 15 is 0 Å². The molecule has 0 radical (unpaired) electrons. The van der Waals surface area contributed by atoms with Gasteiger partial charge in [0.1, 0.15) is 17.3 Å². The Kier molecular flexibility index (Phi) is 4.97. The molecule has 1 saturated heterocycles. The fraction of sp³-hybridized carbons (Fsp3) is 0.550. The van der Waals surface area contributed by atoms with E-state index in [0.29, 0.717) is 19.5 Å². The second-order valence-corrected chi connectivity index (χ2v) is 8.53. The molecule has 4 rings (SSSR count). The van der Waals surface area contributed by atoms with Gasteiger partial charge in [0.2, 0.25) is 0 Å². The van der Waals surface area contributed by atoms with Crippen LogP contribution in [0.15, 0.2) is 24.4 Å². The number of halogens is 3. The molecule has 5 nitrogen and oxygen atoms in total. The van der Waals surface area contributed by atoms with E-state index in [4.69, 9.17) is 5.73 Å². The summed E-state index contributed by atoms with van der Waals surface area (Å²) < 4.78 is 43.1. The van der Waals surface area contributed by atoms with Gasteiger partial charge in [0.15, 0.2) is 0 Å². The van der Waals surface area contributed by atoms with E-state index in [-0.39, 0.29) is 24.2 Å². The van der Waals surface area contributed by atoms with E-state index in [1.54, 1.807) is 18.5 Å². The highest BCUT2D eigenvalue weighted by Gasteiger charge is 2.36. The number of alkyl halides is 1. The number of aromatic nitrogens is 2. The van der Waals surface area contributed by atoms with E-state index in [9.17, 15) is 13.2 Å². The lowest BCUT2D eigenvalue weighted by Crippen LogP contribution is -2.54. The summed E-state index contributed by atoms with van der Waals surface area (Å²) in [5, 5.41) is 7.81. The van der Waals surface area contributed by atoms with Crippen molar-refractivity contribution in [2.24, 2.45) is 5.73 Å². The van der Waals surface area contributed by atoms with Crippen molar-refractivity contribution in [3.8, 4) is 0 Å². The molecule has 152 valence electrons. The topological polar surface area (TPSA) is 59.1 Å². The number of nitrogens with one attached hydrogen (secondary N) is 1. The van der Waals surface area contributed by atoms with Crippen molar-refractivity contribution >= 4 is 0 Å². The monoisotopic (exact) mass is 393 g/mol. The molecule has 8 heteroatoms. The van der Waals surface area contributed by atoms with Gasteiger partial charge in [0, 0.05) is 49.0 Å². The Morgan fingerprint density at radius 1 is 1.29 bits per heavy atom. The molecule has 3 N–H and O–H groups in total. The molecular weight excluding hydrogens is 367 g/mol. The normalized spacial score (nSPS) is 25.9. The van der Waals surface area contributed by atoms with Gasteiger partial charge < -0.3 is 11.1 Å². The van der Waals surface area contributed by atoms with Crippen LogP contribution in [0, 0.1) is 11.6 Å². The standard InChI is InChI=1S/C20H26F3N5/c1-20(2,23)11-28-9-12-8-27(10-18(12)26-28)14-6-17(24)19(25-7-14)15-5-13(21)3-4-16(15)22/h3-5,9,14,17,19,25H,6-8,10-11,24H2,1-2H3/t14-,17+,19?/m1/s1. The minimum Gasteiger partial charge on any atom is -0.326 e. The van der Waals surface area contributed by atoms with Crippen LogP contribution >= 0.6 is 0 Å². The van der Waals surface area contributed by atoms with Crippen LogP contribution in [0.2, 0.25) is 0 Å². The molecule has 1 aromatic heterocycles. The SMILES string of the molecule is CC(C)(F)Cn1cc2c(n1)CN([C@H]1CNC(c3cc(F)ccc3F)[C@@H](N)C1)C2. The highest BCUT2D eigenvalue weighted by Crippen LogP contribution is 2.31. The fourth-order valence-corrected chi connectivity index (χ4v) is 4.28. The van der Waals surface area contributed by atoms with Crippen LogP contribution in [0.1, 0.15) is 43.1 Å². The van der Waals surface area contributed by atoms with Crippen LogP contribution in [-0.2, 0) is 19.6 Å². The number of rotatable bonds is 4. The van der Waals surface area contributed by atoms with E-state index in [2.05, 4.69) is 15.3 Å². The third-order valence-electron chi connectivity index (χ3n) is 5.54. The van der Waals surface area contributed by atoms with Crippen LogP contribution in [0.25, 0.3) is 0 Å². The average molecular weight is 393 g/mol. The summed E-state index contributed by atoms with van der Waals surface area (Å²) in [4.78, 5) is 2.29. The van der Waals surface area contributed by atoms with Crippen molar-refractivity contribution in [2.75, 3.05) is 6.54 Å².